The van der Waals surface area contributed by atoms with E-state index in [0.29, 0.717) is 13.0 Å². The van der Waals surface area contributed by atoms with Gasteiger partial charge in [-0.15, -0.1) is 0 Å². The summed E-state index contributed by atoms with van der Waals surface area (Å²) in [6, 6.07) is 0. The van der Waals surface area contributed by atoms with Crippen molar-refractivity contribution in [1.82, 2.24) is 0 Å². The Balaban J connectivity index is 4.22. The van der Waals surface area contributed by atoms with Gasteiger partial charge in [-0.25, -0.2) is 4.57 Å². The highest BCUT2D eigenvalue weighted by Crippen LogP contribution is 2.43. The minimum atomic E-state index is -4.54. The standard InChI is InChI=1S/C54H89O9P/c1-3-5-7-9-11-13-15-17-19-21-23-25-26-27-28-30-32-34-36-38-40-42-44-46-54(57)63-53(51-62-64(58,59)61-49-52(56)48-55)50-60-47-45-43-41-39-37-35-33-31-29-24-22-20-18-16-14-12-10-8-6-4-2/h5-8,11-14,17-20,23-25,27-29,33,35,52-53,55-56H,3-4,9-10,15-16,21-22,26,30-32,34,36-51H2,1-2H3,(H,58,59)/b7-5-,8-6-,13-11-,14-12-,19-17-,20-18-,25-23-,28-27-,29-24-,35-33-. The van der Waals surface area contributed by atoms with E-state index in [2.05, 4.69) is 135 Å². The van der Waals surface area contributed by atoms with Crippen LogP contribution in [0.15, 0.2) is 122 Å². The second kappa shape index (κ2) is 49.3. The molecule has 0 saturated heterocycles. The third kappa shape index (κ3) is 48.3. The summed E-state index contributed by atoms with van der Waals surface area (Å²) < 4.78 is 33.5. The van der Waals surface area contributed by atoms with Crippen molar-refractivity contribution in [3.8, 4) is 0 Å². The summed E-state index contributed by atoms with van der Waals surface area (Å²) in [7, 11) is -4.54. The highest BCUT2D eigenvalue weighted by Gasteiger charge is 2.26. The predicted molar refractivity (Wildman–Crippen MR) is 269 cm³/mol. The molecule has 364 valence electrons. The Morgan fingerprint density at radius 1 is 0.484 bits per heavy atom. The van der Waals surface area contributed by atoms with Crippen molar-refractivity contribution in [3.63, 3.8) is 0 Å². The topological polar surface area (TPSA) is 132 Å². The SMILES string of the molecule is CC/C=C\C/C=C\C/C=C\C/C=C\C/C=C\CCCCCCCCCC(=O)OC(COCCCCCC/C=C\C/C=C\C/C=C\C/C=C\C/C=C\CC)COP(=O)(O)OCC(O)CO. The number of rotatable bonds is 45. The number of carbonyl (C=O) groups excluding carboxylic acids is 1. The first kappa shape index (κ1) is 60.9. The zero-order chi connectivity index (χ0) is 46.7. The molecule has 0 aliphatic rings. The quantitative estimate of drug-likeness (QED) is 0.0236. The minimum absolute atomic E-state index is 0.0185. The van der Waals surface area contributed by atoms with Gasteiger partial charge in [-0.2, -0.15) is 0 Å². The van der Waals surface area contributed by atoms with E-state index in [1.807, 2.05) is 0 Å². The molecule has 0 heterocycles. The van der Waals surface area contributed by atoms with Crippen LogP contribution in [0.5, 0.6) is 0 Å². The number of phosphoric ester groups is 1. The summed E-state index contributed by atoms with van der Waals surface area (Å²) in [6.45, 7) is 3.19. The lowest BCUT2D eigenvalue weighted by Crippen LogP contribution is -2.29. The van der Waals surface area contributed by atoms with Crippen LogP contribution in [-0.4, -0.2) is 66.3 Å². The van der Waals surface area contributed by atoms with Crippen LogP contribution in [-0.2, 0) is 27.9 Å². The summed E-state index contributed by atoms with van der Waals surface area (Å²) in [5, 5.41) is 18.4. The number of aliphatic hydroxyl groups excluding tert-OH is 2. The third-order valence-corrected chi connectivity index (χ3v) is 10.6. The third-order valence-electron chi connectivity index (χ3n) is 9.64. The van der Waals surface area contributed by atoms with E-state index in [1.54, 1.807) is 0 Å². The molecule has 0 fully saturated rings. The highest BCUT2D eigenvalue weighted by atomic mass is 31.2. The van der Waals surface area contributed by atoms with Gasteiger partial charge < -0.3 is 24.6 Å². The lowest BCUT2D eigenvalue weighted by molar-refractivity contribution is -0.154. The highest BCUT2D eigenvalue weighted by molar-refractivity contribution is 7.47. The molecule has 0 aromatic carbocycles. The molecular formula is C54H89O9P. The van der Waals surface area contributed by atoms with E-state index >= 15 is 0 Å². The van der Waals surface area contributed by atoms with Crippen LogP contribution in [0.2, 0.25) is 0 Å². The minimum Gasteiger partial charge on any atom is -0.457 e. The monoisotopic (exact) mass is 913 g/mol. The molecular weight excluding hydrogens is 824 g/mol. The number of unbranched alkanes of at least 4 members (excludes halogenated alkanes) is 11. The Morgan fingerprint density at radius 3 is 1.27 bits per heavy atom. The average Bonchev–Trinajstić information content (AvgIpc) is 3.29. The maximum atomic E-state index is 12.7. The van der Waals surface area contributed by atoms with Crippen LogP contribution in [0.1, 0.15) is 168 Å². The Bertz CT molecular complexity index is 1400. The van der Waals surface area contributed by atoms with Crippen molar-refractivity contribution in [2.75, 3.05) is 33.0 Å². The van der Waals surface area contributed by atoms with Gasteiger partial charge in [0.05, 0.1) is 26.4 Å². The molecule has 0 saturated carbocycles. The molecule has 0 aliphatic heterocycles. The van der Waals surface area contributed by atoms with Gasteiger partial charge in [-0.1, -0.05) is 180 Å². The molecule has 0 radical (unpaired) electrons. The van der Waals surface area contributed by atoms with Crippen molar-refractivity contribution in [2.24, 2.45) is 0 Å². The van der Waals surface area contributed by atoms with Crippen molar-refractivity contribution in [2.45, 2.75) is 180 Å². The second-order valence-electron chi connectivity index (χ2n) is 15.7. The molecule has 0 rings (SSSR count). The molecule has 3 unspecified atom stereocenters. The largest absolute Gasteiger partial charge is 0.472 e. The number of ether oxygens (including phenoxy) is 2. The maximum absolute atomic E-state index is 12.7. The lowest BCUT2D eigenvalue weighted by atomic mass is 10.1. The average molecular weight is 913 g/mol. The van der Waals surface area contributed by atoms with Gasteiger partial charge in [0.25, 0.3) is 0 Å². The molecule has 0 bridgehead atoms. The molecule has 0 aliphatic carbocycles. The van der Waals surface area contributed by atoms with Gasteiger partial charge in [-0.3, -0.25) is 13.8 Å². The van der Waals surface area contributed by atoms with Crippen molar-refractivity contribution in [1.29, 1.82) is 0 Å². The van der Waals surface area contributed by atoms with E-state index in [9.17, 15) is 19.4 Å². The summed E-state index contributed by atoms with van der Waals surface area (Å²) >= 11 is 0. The van der Waals surface area contributed by atoms with Crippen molar-refractivity contribution < 1.29 is 43.0 Å². The zero-order valence-electron chi connectivity index (χ0n) is 39.9. The number of hydrogen-bond donors (Lipinski definition) is 3. The first-order chi connectivity index (χ1) is 31.3. The Kier molecular flexibility index (Phi) is 46.9. The van der Waals surface area contributed by atoms with Gasteiger partial charge >= 0.3 is 13.8 Å². The molecule has 0 amide bonds. The fourth-order valence-corrected chi connectivity index (χ4v) is 6.79. The zero-order valence-corrected chi connectivity index (χ0v) is 40.8. The van der Waals surface area contributed by atoms with Crippen LogP contribution in [0, 0.1) is 0 Å². The molecule has 0 aromatic rings. The number of esters is 1. The van der Waals surface area contributed by atoms with Crippen LogP contribution < -0.4 is 0 Å². The fourth-order valence-electron chi connectivity index (χ4n) is 6.00. The van der Waals surface area contributed by atoms with Crippen LogP contribution in [0.3, 0.4) is 0 Å². The Morgan fingerprint density at radius 2 is 0.844 bits per heavy atom. The lowest BCUT2D eigenvalue weighted by Gasteiger charge is -2.20. The summed E-state index contributed by atoms with van der Waals surface area (Å²) in [5.74, 6) is -0.409. The predicted octanol–water partition coefficient (Wildman–Crippen LogP) is 14.4. The summed E-state index contributed by atoms with van der Waals surface area (Å²) in [6.07, 6.45) is 65.8. The van der Waals surface area contributed by atoms with E-state index < -0.39 is 45.8 Å². The Labute approximate surface area is 390 Å². The molecule has 3 N–H and O–H groups in total. The maximum Gasteiger partial charge on any atom is 0.472 e. The smallest absolute Gasteiger partial charge is 0.457 e. The molecule has 64 heavy (non-hydrogen) atoms. The number of hydrogen-bond acceptors (Lipinski definition) is 8. The molecule has 9 nitrogen and oxygen atoms in total. The summed E-state index contributed by atoms with van der Waals surface area (Å²) in [4.78, 5) is 22.7. The molecule has 0 spiro atoms. The van der Waals surface area contributed by atoms with Crippen LogP contribution >= 0.6 is 7.82 Å². The van der Waals surface area contributed by atoms with E-state index in [-0.39, 0.29) is 13.0 Å². The number of phosphoric acid groups is 1. The van der Waals surface area contributed by atoms with Gasteiger partial charge in [-0.05, 0) is 103 Å². The van der Waals surface area contributed by atoms with Crippen LogP contribution in [0.25, 0.3) is 0 Å². The van der Waals surface area contributed by atoms with E-state index in [0.717, 1.165) is 122 Å². The van der Waals surface area contributed by atoms with E-state index in [1.165, 1.54) is 19.3 Å². The van der Waals surface area contributed by atoms with Crippen molar-refractivity contribution in [3.05, 3.63) is 122 Å². The van der Waals surface area contributed by atoms with Gasteiger partial charge in [0, 0.05) is 13.0 Å². The number of allylic oxidation sites excluding steroid dienone is 20. The normalized spacial score (nSPS) is 14.9. The fraction of sp³-hybridized carbons (Fsp3) is 0.611. The molecule has 0 aromatic heterocycles. The molecule has 3 atom stereocenters. The van der Waals surface area contributed by atoms with Gasteiger partial charge in [0.15, 0.2) is 0 Å². The second-order valence-corrected chi connectivity index (χ2v) is 17.2. The van der Waals surface area contributed by atoms with Crippen molar-refractivity contribution >= 4 is 13.8 Å². The van der Waals surface area contributed by atoms with Crippen LogP contribution in [0.4, 0.5) is 0 Å². The molecule has 10 heteroatoms. The Hall–Kier alpha value is -3.14. The first-order valence-electron chi connectivity index (χ1n) is 24.5. The van der Waals surface area contributed by atoms with E-state index in [4.69, 9.17) is 23.6 Å². The first-order valence-corrected chi connectivity index (χ1v) is 26.0. The number of aliphatic hydroxyl groups is 2. The van der Waals surface area contributed by atoms with Gasteiger partial charge in [0.1, 0.15) is 12.2 Å². The van der Waals surface area contributed by atoms with Gasteiger partial charge in [0.2, 0.25) is 0 Å². The summed E-state index contributed by atoms with van der Waals surface area (Å²) in [5.41, 5.74) is 0. The number of carbonyl (C=O) groups is 1.